The molecule has 1 fully saturated rings. The fourth-order valence-corrected chi connectivity index (χ4v) is 8.87. The average Bonchev–Trinajstić information content (AvgIpc) is 3.07. The van der Waals surface area contributed by atoms with Crippen molar-refractivity contribution in [3.05, 3.63) is 0 Å². The van der Waals surface area contributed by atoms with E-state index in [9.17, 15) is 0 Å². The fourth-order valence-electron chi connectivity index (χ4n) is 4.52. The molecule has 0 spiro atoms. The van der Waals surface area contributed by atoms with Crippen LogP contribution >= 0.6 is 21.6 Å². The van der Waals surface area contributed by atoms with Crippen LogP contribution < -0.4 is 34.4 Å². The third kappa shape index (κ3) is 9.64. The summed E-state index contributed by atoms with van der Waals surface area (Å²) in [6.07, 6.45) is 8.94. The molecule has 12 N–H and O–H groups in total. The van der Waals surface area contributed by atoms with Crippen LogP contribution in [-0.2, 0) is 0 Å². The minimum atomic E-state index is 0.0430. The Morgan fingerprint density at radius 2 is 1.69 bits per heavy atom. The first-order valence-corrected chi connectivity index (χ1v) is 13.8. The first-order valence-electron chi connectivity index (χ1n) is 11.6. The Bertz CT molecular complexity index is 415. The van der Waals surface area contributed by atoms with E-state index in [-0.39, 0.29) is 18.1 Å². The number of nitrogens with two attached hydrogens (primary N) is 6. The maximum absolute atomic E-state index is 6.33. The third-order valence-corrected chi connectivity index (χ3v) is 10.3. The Kier molecular flexibility index (Phi) is 14.5. The highest BCUT2D eigenvalue weighted by atomic mass is 33.1. The van der Waals surface area contributed by atoms with Crippen molar-refractivity contribution in [3.8, 4) is 0 Å². The van der Waals surface area contributed by atoms with E-state index < -0.39 is 0 Å². The lowest BCUT2D eigenvalue weighted by Gasteiger charge is -2.31. The van der Waals surface area contributed by atoms with Gasteiger partial charge < -0.3 is 34.4 Å². The summed E-state index contributed by atoms with van der Waals surface area (Å²) < 4.78 is 0. The molecule has 174 valence electrons. The maximum atomic E-state index is 6.33. The topological polar surface area (TPSA) is 156 Å². The normalized spacial score (nSPS) is 27.5. The quantitative estimate of drug-likeness (QED) is 0.196. The molecule has 0 heterocycles. The predicted octanol–water partition coefficient (Wildman–Crippen LogP) is 1.99. The van der Waals surface area contributed by atoms with Gasteiger partial charge in [-0.1, -0.05) is 34.9 Å². The molecule has 1 rings (SSSR count). The van der Waals surface area contributed by atoms with Crippen LogP contribution in [0.2, 0.25) is 0 Å². The van der Waals surface area contributed by atoms with E-state index in [1.807, 2.05) is 6.92 Å². The van der Waals surface area contributed by atoms with Gasteiger partial charge in [-0.15, -0.1) is 0 Å². The van der Waals surface area contributed by atoms with Crippen molar-refractivity contribution in [1.29, 1.82) is 0 Å². The molecule has 8 heteroatoms. The van der Waals surface area contributed by atoms with Crippen molar-refractivity contribution < 1.29 is 0 Å². The minimum absolute atomic E-state index is 0.0430. The molecular formula is C21H48N6S2. The molecule has 0 amide bonds. The van der Waals surface area contributed by atoms with Crippen LogP contribution in [0.25, 0.3) is 0 Å². The van der Waals surface area contributed by atoms with Crippen molar-refractivity contribution in [2.24, 2.45) is 52.2 Å². The monoisotopic (exact) mass is 448 g/mol. The highest BCUT2D eigenvalue weighted by Crippen LogP contribution is 2.50. The number of hydrogen-bond donors (Lipinski definition) is 6. The number of rotatable bonds is 16. The highest BCUT2D eigenvalue weighted by Gasteiger charge is 2.38. The van der Waals surface area contributed by atoms with Gasteiger partial charge in [0.15, 0.2) is 0 Å². The van der Waals surface area contributed by atoms with Crippen molar-refractivity contribution in [1.82, 2.24) is 0 Å². The summed E-state index contributed by atoms with van der Waals surface area (Å²) >= 11 is 0. The first kappa shape index (κ1) is 27.5. The smallest absolute Gasteiger partial charge is 0.0209 e. The molecule has 8 atom stereocenters. The molecule has 0 aliphatic heterocycles. The third-order valence-electron chi connectivity index (χ3n) is 6.57. The van der Waals surface area contributed by atoms with Gasteiger partial charge in [0.05, 0.1) is 0 Å². The minimum Gasteiger partial charge on any atom is -0.330 e. The van der Waals surface area contributed by atoms with Gasteiger partial charge in [-0.05, 0) is 82.7 Å². The molecule has 29 heavy (non-hydrogen) atoms. The molecule has 1 aliphatic carbocycles. The average molecular weight is 449 g/mol. The van der Waals surface area contributed by atoms with Gasteiger partial charge >= 0.3 is 0 Å². The first-order chi connectivity index (χ1) is 13.9. The van der Waals surface area contributed by atoms with Crippen LogP contribution in [0.15, 0.2) is 0 Å². The van der Waals surface area contributed by atoms with Crippen molar-refractivity contribution in [2.75, 3.05) is 19.6 Å². The van der Waals surface area contributed by atoms with E-state index in [0.29, 0.717) is 34.8 Å². The van der Waals surface area contributed by atoms with Gasteiger partial charge in [0.1, 0.15) is 0 Å². The molecule has 0 aromatic carbocycles. The zero-order chi connectivity index (χ0) is 21.8. The summed E-state index contributed by atoms with van der Waals surface area (Å²) in [4.78, 5) is 0. The van der Waals surface area contributed by atoms with Crippen LogP contribution in [0.3, 0.4) is 0 Å². The Balaban J connectivity index is 2.81. The molecule has 0 aromatic rings. The van der Waals surface area contributed by atoms with E-state index in [4.69, 9.17) is 34.4 Å². The van der Waals surface area contributed by atoms with Gasteiger partial charge in [0, 0.05) is 35.2 Å². The lowest BCUT2D eigenvalue weighted by molar-refractivity contribution is 0.395. The van der Waals surface area contributed by atoms with E-state index in [1.54, 1.807) is 0 Å². The summed E-state index contributed by atoms with van der Waals surface area (Å²) in [5, 5.41) is 1.17. The van der Waals surface area contributed by atoms with Gasteiger partial charge in [0.25, 0.3) is 0 Å². The van der Waals surface area contributed by atoms with Crippen LogP contribution in [0.5, 0.6) is 0 Å². The molecule has 0 aromatic heterocycles. The second-order valence-electron chi connectivity index (χ2n) is 8.96. The summed E-state index contributed by atoms with van der Waals surface area (Å²) in [6.45, 7) is 6.34. The van der Waals surface area contributed by atoms with Crippen molar-refractivity contribution in [2.45, 2.75) is 93.8 Å². The lowest BCUT2D eigenvalue weighted by atomic mass is 9.91. The van der Waals surface area contributed by atoms with Gasteiger partial charge in [-0.2, -0.15) is 0 Å². The summed E-state index contributed by atoms with van der Waals surface area (Å²) in [7, 11) is 4.15. The number of hydrogen-bond acceptors (Lipinski definition) is 8. The van der Waals surface area contributed by atoms with Gasteiger partial charge in [0.2, 0.25) is 0 Å². The molecule has 0 bridgehead atoms. The van der Waals surface area contributed by atoms with Crippen LogP contribution in [0.1, 0.15) is 65.2 Å². The Hall–Kier alpha value is 0.460. The van der Waals surface area contributed by atoms with Crippen LogP contribution in [0.4, 0.5) is 0 Å². The van der Waals surface area contributed by atoms with Gasteiger partial charge in [-0.25, -0.2) is 0 Å². The summed E-state index contributed by atoms with van der Waals surface area (Å²) in [6, 6.07) is 0.198. The molecule has 6 nitrogen and oxygen atoms in total. The standard InChI is InChI=1S/C21H48N6S2/c1-3-15(11-18(26)13-24)20(5-4-9-22)28-29-21-16(8-10-23)6-7-17(21)12-19(27)14(2)25/h14-21H,3-13,22-27H2,1-2H3. The largest absolute Gasteiger partial charge is 0.330 e. The van der Waals surface area contributed by atoms with Gasteiger partial charge in [-0.3, -0.25) is 0 Å². The highest BCUT2D eigenvalue weighted by molar-refractivity contribution is 8.77. The summed E-state index contributed by atoms with van der Waals surface area (Å²) in [5.41, 5.74) is 36.1. The van der Waals surface area contributed by atoms with Crippen molar-refractivity contribution in [3.63, 3.8) is 0 Å². The van der Waals surface area contributed by atoms with E-state index in [1.165, 1.54) is 12.8 Å². The fraction of sp³-hybridized carbons (Fsp3) is 1.00. The maximum Gasteiger partial charge on any atom is 0.0209 e. The Morgan fingerprint density at radius 3 is 2.24 bits per heavy atom. The second-order valence-corrected chi connectivity index (χ2v) is 11.6. The van der Waals surface area contributed by atoms with E-state index >= 15 is 0 Å². The lowest BCUT2D eigenvalue weighted by Crippen LogP contribution is -2.41. The van der Waals surface area contributed by atoms with E-state index in [2.05, 4.69) is 28.5 Å². The molecule has 1 saturated carbocycles. The zero-order valence-electron chi connectivity index (χ0n) is 18.7. The molecule has 0 radical (unpaired) electrons. The van der Waals surface area contributed by atoms with E-state index in [0.717, 1.165) is 51.6 Å². The predicted molar refractivity (Wildman–Crippen MR) is 133 cm³/mol. The van der Waals surface area contributed by atoms with Crippen LogP contribution in [-0.4, -0.2) is 48.3 Å². The molecule has 1 aliphatic rings. The van der Waals surface area contributed by atoms with Crippen LogP contribution in [0, 0.1) is 17.8 Å². The zero-order valence-corrected chi connectivity index (χ0v) is 20.3. The molecule has 0 saturated heterocycles. The Labute approximate surface area is 187 Å². The molecule has 8 unspecified atom stereocenters. The SMILES string of the molecule is CCC(CC(N)CN)C(CCCN)SSC1C(CCN)CCC1CC(N)C(C)N. The van der Waals surface area contributed by atoms with Crippen molar-refractivity contribution >= 4 is 21.6 Å². The summed E-state index contributed by atoms with van der Waals surface area (Å²) in [5.74, 6) is 1.90. The second kappa shape index (κ2) is 15.3. The molecular weight excluding hydrogens is 400 g/mol. The Morgan fingerprint density at radius 1 is 1.00 bits per heavy atom.